The largest absolute Gasteiger partial charge is 0.413 e. The van der Waals surface area contributed by atoms with E-state index in [-0.39, 0.29) is 0 Å². The molecule has 0 aromatic rings. The van der Waals surface area contributed by atoms with Crippen molar-refractivity contribution in [3.05, 3.63) is 22.9 Å². The van der Waals surface area contributed by atoms with E-state index >= 15 is 0 Å². The second-order valence-corrected chi connectivity index (χ2v) is 9.89. The lowest BCUT2D eigenvalue weighted by atomic mass is 10.1. The predicted octanol–water partition coefficient (Wildman–Crippen LogP) is 5.77. The molecule has 0 bridgehead atoms. The fourth-order valence-corrected chi connectivity index (χ4v) is 5.45. The molecule has 0 atom stereocenters. The van der Waals surface area contributed by atoms with Crippen LogP contribution in [0.25, 0.3) is 0 Å². The molecule has 0 aromatic carbocycles. The Kier molecular flexibility index (Phi) is 7.70. The summed E-state index contributed by atoms with van der Waals surface area (Å²) in [6, 6.07) is 0. The van der Waals surface area contributed by atoms with Gasteiger partial charge in [0.1, 0.15) is 0 Å². The molecule has 0 amide bonds. The molecule has 110 valence electrons. The first-order valence-electron chi connectivity index (χ1n) is 8.15. The van der Waals surface area contributed by atoms with E-state index in [1.807, 2.05) is 0 Å². The predicted molar refractivity (Wildman–Crippen MR) is 87.9 cm³/mol. The van der Waals surface area contributed by atoms with Crippen molar-refractivity contribution in [2.24, 2.45) is 0 Å². The van der Waals surface area contributed by atoms with Crippen LogP contribution in [0.5, 0.6) is 0 Å². The Balaban J connectivity index is 2.32. The maximum absolute atomic E-state index is 6.03. The Morgan fingerprint density at radius 2 is 1.68 bits per heavy atom. The highest BCUT2D eigenvalue weighted by molar-refractivity contribution is 6.79. The molecule has 0 radical (unpaired) electrons. The van der Waals surface area contributed by atoms with Crippen LogP contribution in [0.15, 0.2) is 22.9 Å². The summed E-state index contributed by atoms with van der Waals surface area (Å²) in [7, 11) is -1.62. The van der Waals surface area contributed by atoms with E-state index in [4.69, 9.17) is 4.43 Å². The lowest BCUT2D eigenvalue weighted by Gasteiger charge is -2.26. The first-order valence-corrected chi connectivity index (χ1v) is 11.1. The molecular weight excluding hydrogens is 248 g/mol. The SMILES string of the molecule is CCCCCCCCC1=CCC=C1[Si](C)(C)OCC. The lowest BCUT2D eigenvalue weighted by Crippen LogP contribution is -2.34. The highest BCUT2D eigenvalue weighted by atomic mass is 28.4. The van der Waals surface area contributed by atoms with Gasteiger partial charge >= 0.3 is 0 Å². The molecule has 1 aliphatic rings. The summed E-state index contributed by atoms with van der Waals surface area (Å²) in [5.74, 6) is 0. The van der Waals surface area contributed by atoms with Gasteiger partial charge in [-0.25, -0.2) is 0 Å². The van der Waals surface area contributed by atoms with E-state index in [9.17, 15) is 0 Å². The van der Waals surface area contributed by atoms with Crippen molar-refractivity contribution in [3.8, 4) is 0 Å². The molecule has 0 spiro atoms. The molecule has 0 fully saturated rings. The normalized spacial score (nSPS) is 15.6. The van der Waals surface area contributed by atoms with Crippen LogP contribution in [0.2, 0.25) is 13.1 Å². The first kappa shape index (κ1) is 16.7. The fourth-order valence-electron chi connectivity index (χ4n) is 2.96. The summed E-state index contributed by atoms with van der Waals surface area (Å²) < 4.78 is 6.03. The Morgan fingerprint density at radius 1 is 1.00 bits per heavy atom. The highest BCUT2D eigenvalue weighted by Crippen LogP contribution is 2.32. The van der Waals surface area contributed by atoms with E-state index in [1.54, 1.807) is 10.8 Å². The van der Waals surface area contributed by atoms with Gasteiger partial charge in [-0.05, 0) is 44.5 Å². The van der Waals surface area contributed by atoms with Crippen molar-refractivity contribution >= 4 is 8.32 Å². The van der Waals surface area contributed by atoms with Crippen LogP contribution >= 0.6 is 0 Å². The number of rotatable bonds is 10. The van der Waals surface area contributed by atoms with E-state index in [1.165, 1.54) is 44.9 Å². The van der Waals surface area contributed by atoms with Crippen LogP contribution in [0.4, 0.5) is 0 Å². The van der Waals surface area contributed by atoms with Gasteiger partial charge in [-0.15, -0.1) is 0 Å². The summed E-state index contributed by atoms with van der Waals surface area (Å²) >= 11 is 0. The first-order chi connectivity index (χ1) is 9.11. The summed E-state index contributed by atoms with van der Waals surface area (Å²) in [6.45, 7) is 9.91. The number of hydrogen-bond donors (Lipinski definition) is 0. The third-order valence-corrected chi connectivity index (χ3v) is 6.82. The lowest BCUT2D eigenvalue weighted by molar-refractivity contribution is 0.336. The van der Waals surface area contributed by atoms with Gasteiger partial charge in [-0.3, -0.25) is 0 Å². The quantitative estimate of drug-likeness (QED) is 0.364. The molecule has 0 aliphatic heterocycles. The molecule has 0 heterocycles. The van der Waals surface area contributed by atoms with Gasteiger partial charge in [-0.2, -0.15) is 0 Å². The maximum Gasteiger partial charge on any atom is 0.218 e. The summed E-state index contributed by atoms with van der Waals surface area (Å²) in [5, 5.41) is 1.57. The van der Waals surface area contributed by atoms with Gasteiger partial charge in [0.25, 0.3) is 0 Å². The van der Waals surface area contributed by atoms with Crippen molar-refractivity contribution in [2.45, 2.75) is 78.3 Å². The van der Waals surface area contributed by atoms with E-state index < -0.39 is 8.32 Å². The number of hydrogen-bond acceptors (Lipinski definition) is 1. The van der Waals surface area contributed by atoms with Crippen LogP contribution < -0.4 is 0 Å². The van der Waals surface area contributed by atoms with Gasteiger partial charge in [0.05, 0.1) is 0 Å². The maximum atomic E-state index is 6.03. The third kappa shape index (κ3) is 5.66. The number of unbranched alkanes of at least 4 members (excludes halogenated alkanes) is 5. The Hall–Kier alpha value is -0.343. The molecule has 1 nitrogen and oxygen atoms in total. The molecule has 19 heavy (non-hydrogen) atoms. The minimum atomic E-state index is -1.62. The topological polar surface area (TPSA) is 9.23 Å². The zero-order valence-electron chi connectivity index (χ0n) is 13.4. The third-order valence-electron chi connectivity index (χ3n) is 3.99. The van der Waals surface area contributed by atoms with Crippen molar-refractivity contribution < 1.29 is 4.43 Å². The zero-order valence-corrected chi connectivity index (χ0v) is 14.4. The van der Waals surface area contributed by atoms with Crippen molar-refractivity contribution in [1.29, 1.82) is 0 Å². The minimum absolute atomic E-state index is 0.848. The smallest absolute Gasteiger partial charge is 0.218 e. The Bertz CT molecular complexity index is 315. The van der Waals surface area contributed by atoms with Gasteiger partial charge in [-0.1, -0.05) is 56.8 Å². The summed E-state index contributed by atoms with van der Waals surface area (Å²) in [4.78, 5) is 0. The van der Waals surface area contributed by atoms with Crippen LogP contribution in [0.3, 0.4) is 0 Å². The monoisotopic (exact) mass is 280 g/mol. The molecule has 1 aliphatic carbocycles. The molecule has 2 heteroatoms. The second-order valence-electron chi connectivity index (χ2n) is 6.04. The second kappa shape index (κ2) is 8.75. The average molecular weight is 281 g/mol. The summed E-state index contributed by atoms with van der Waals surface area (Å²) in [6.07, 6.45) is 15.5. The van der Waals surface area contributed by atoms with Crippen molar-refractivity contribution in [1.82, 2.24) is 0 Å². The van der Waals surface area contributed by atoms with Gasteiger partial charge in [0.2, 0.25) is 8.32 Å². The van der Waals surface area contributed by atoms with Crippen LogP contribution in [-0.4, -0.2) is 14.9 Å². The van der Waals surface area contributed by atoms with Crippen LogP contribution in [0.1, 0.15) is 65.2 Å². The van der Waals surface area contributed by atoms with Crippen molar-refractivity contribution in [2.75, 3.05) is 6.61 Å². The fraction of sp³-hybridized carbons (Fsp3) is 0.765. The molecule has 1 rings (SSSR count). The van der Waals surface area contributed by atoms with E-state index in [2.05, 4.69) is 39.1 Å². The Labute approximate surface area is 121 Å². The van der Waals surface area contributed by atoms with E-state index in [0.29, 0.717) is 0 Å². The molecule has 0 aromatic heterocycles. The zero-order chi connectivity index (χ0) is 14.1. The van der Waals surface area contributed by atoms with Gasteiger partial charge in [0, 0.05) is 6.61 Å². The molecular formula is C17H32OSi. The van der Waals surface area contributed by atoms with Crippen LogP contribution in [-0.2, 0) is 4.43 Å². The molecule has 0 N–H and O–H groups in total. The Morgan fingerprint density at radius 3 is 2.37 bits per heavy atom. The molecule has 0 unspecified atom stereocenters. The standard InChI is InChI=1S/C17H32OSi/c1-5-7-8-9-10-11-13-16-14-12-15-17(16)19(3,4)18-6-2/h14-15H,5-13H2,1-4H3. The number of allylic oxidation sites excluding steroid dienone is 4. The average Bonchev–Trinajstić information content (AvgIpc) is 2.82. The molecule has 0 saturated heterocycles. The van der Waals surface area contributed by atoms with Crippen molar-refractivity contribution in [3.63, 3.8) is 0 Å². The molecule has 0 saturated carbocycles. The van der Waals surface area contributed by atoms with Gasteiger partial charge < -0.3 is 4.43 Å². The summed E-state index contributed by atoms with van der Waals surface area (Å²) in [5.41, 5.74) is 1.60. The minimum Gasteiger partial charge on any atom is -0.413 e. The van der Waals surface area contributed by atoms with Crippen LogP contribution in [0, 0.1) is 0 Å². The van der Waals surface area contributed by atoms with Gasteiger partial charge in [0.15, 0.2) is 0 Å². The highest BCUT2D eigenvalue weighted by Gasteiger charge is 2.30. The van der Waals surface area contributed by atoms with E-state index in [0.717, 1.165) is 13.0 Å².